The predicted octanol–water partition coefficient (Wildman–Crippen LogP) is 3.49. The molecule has 0 amide bonds. The van der Waals surface area contributed by atoms with Crippen molar-refractivity contribution in [2.24, 2.45) is 5.73 Å². The van der Waals surface area contributed by atoms with E-state index >= 15 is 0 Å². The Morgan fingerprint density at radius 1 is 1.21 bits per heavy atom. The number of rotatable bonds is 4. The van der Waals surface area contributed by atoms with Crippen molar-refractivity contribution in [2.45, 2.75) is 32.7 Å². The molecule has 0 saturated carbocycles. The van der Waals surface area contributed by atoms with Gasteiger partial charge in [-0.15, -0.1) is 0 Å². The van der Waals surface area contributed by atoms with Crippen LogP contribution in [0.15, 0.2) is 34.8 Å². The van der Waals surface area contributed by atoms with Crippen molar-refractivity contribution in [1.82, 2.24) is 9.97 Å². The number of aryl methyl sites for hydroxylation is 2. The van der Waals surface area contributed by atoms with Crippen LogP contribution in [0, 0.1) is 6.92 Å². The first kappa shape index (κ1) is 14.2. The average Bonchev–Trinajstić information content (AvgIpc) is 2.36. The smallest absolute Gasteiger partial charge is 0.129 e. The van der Waals surface area contributed by atoms with Gasteiger partial charge in [-0.3, -0.25) is 0 Å². The maximum absolute atomic E-state index is 5.78. The van der Waals surface area contributed by atoms with Gasteiger partial charge < -0.3 is 5.73 Å². The number of nitrogens with two attached hydrogens (primary N) is 1. The van der Waals surface area contributed by atoms with Crippen LogP contribution in [0.25, 0.3) is 11.3 Å². The van der Waals surface area contributed by atoms with Crippen LogP contribution in [0.3, 0.4) is 0 Å². The molecule has 0 aliphatic rings. The molecule has 1 aromatic heterocycles. The Labute approximate surface area is 122 Å². The minimum atomic E-state index is 0.181. The third-order valence-corrected chi connectivity index (χ3v) is 3.39. The van der Waals surface area contributed by atoms with Crippen molar-refractivity contribution in [3.8, 4) is 11.3 Å². The van der Waals surface area contributed by atoms with Crippen LogP contribution >= 0.6 is 15.9 Å². The van der Waals surface area contributed by atoms with Crippen molar-refractivity contribution in [3.63, 3.8) is 0 Å². The first-order valence-electron chi connectivity index (χ1n) is 6.40. The van der Waals surface area contributed by atoms with Gasteiger partial charge in [0.05, 0.1) is 5.69 Å². The van der Waals surface area contributed by atoms with E-state index in [2.05, 4.69) is 38.0 Å². The molecule has 2 N–H and O–H groups in total. The van der Waals surface area contributed by atoms with Crippen LogP contribution in [-0.2, 0) is 6.42 Å². The summed E-state index contributed by atoms with van der Waals surface area (Å²) < 4.78 is 1.07. The molecule has 1 aromatic carbocycles. The van der Waals surface area contributed by atoms with E-state index in [9.17, 15) is 0 Å². The van der Waals surface area contributed by atoms with Crippen molar-refractivity contribution in [1.29, 1.82) is 0 Å². The lowest BCUT2D eigenvalue weighted by Gasteiger charge is -2.08. The van der Waals surface area contributed by atoms with Crippen LogP contribution in [-0.4, -0.2) is 16.0 Å². The zero-order valence-electron chi connectivity index (χ0n) is 11.2. The lowest BCUT2D eigenvalue weighted by Crippen LogP contribution is -2.16. The van der Waals surface area contributed by atoms with Crippen LogP contribution in [0.1, 0.15) is 24.9 Å². The summed E-state index contributed by atoms with van der Waals surface area (Å²) in [6.07, 6.45) is 1.73. The Hall–Kier alpha value is -1.26. The molecule has 0 saturated heterocycles. The van der Waals surface area contributed by atoms with E-state index in [0.29, 0.717) is 0 Å². The number of halogens is 1. The number of aromatic nitrogens is 2. The first-order valence-corrected chi connectivity index (χ1v) is 7.20. The molecule has 1 atom stereocenters. The van der Waals surface area contributed by atoms with E-state index in [1.165, 1.54) is 0 Å². The Bertz CT molecular complexity index is 550. The average molecular weight is 320 g/mol. The van der Waals surface area contributed by atoms with E-state index in [1.807, 2.05) is 32.0 Å². The Morgan fingerprint density at radius 3 is 2.53 bits per heavy atom. The van der Waals surface area contributed by atoms with Crippen molar-refractivity contribution in [2.75, 3.05) is 0 Å². The summed E-state index contributed by atoms with van der Waals surface area (Å²) >= 11 is 3.44. The molecule has 4 heteroatoms. The van der Waals surface area contributed by atoms with Crippen molar-refractivity contribution >= 4 is 15.9 Å². The van der Waals surface area contributed by atoms with Gasteiger partial charge in [0.15, 0.2) is 0 Å². The van der Waals surface area contributed by atoms with Gasteiger partial charge in [-0.25, -0.2) is 9.97 Å². The third kappa shape index (κ3) is 4.11. The molecule has 0 bridgehead atoms. The summed E-state index contributed by atoms with van der Waals surface area (Å²) in [5.41, 5.74) is 8.86. The van der Waals surface area contributed by atoms with Gasteiger partial charge in [0.25, 0.3) is 0 Å². The lowest BCUT2D eigenvalue weighted by molar-refractivity contribution is 0.647. The zero-order valence-corrected chi connectivity index (χ0v) is 12.8. The van der Waals surface area contributed by atoms with Crippen molar-refractivity contribution < 1.29 is 0 Å². The minimum Gasteiger partial charge on any atom is -0.328 e. The second-order valence-electron chi connectivity index (χ2n) is 4.83. The van der Waals surface area contributed by atoms with Gasteiger partial charge in [-0.2, -0.15) is 0 Å². The molecule has 2 aromatic rings. The van der Waals surface area contributed by atoms with Crippen LogP contribution in [0.2, 0.25) is 0 Å². The van der Waals surface area contributed by atoms with Crippen LogP contribution in [0.5, 0.6) is 0 Å². The molecule has 0 spiro atoms. The molecule has 100 valence electrons. The molecule has 2 rings (SSSR count). The van der Waals surface area contributed by atoms with E-state index in [4.69, 9.17) is 5.73 Å². The van der Waals surface area contributed by atoms with E-state index < -0.39 is 0 Å². The maximum Gasteiger partial charge on any atom is 0.129 e. The lowest BCUT2D eigenvalue weighted by atomic mass is 10.1. The summed E-state index contributed by atoms with van der Waals surface area (Å²) in [6.45, 7) is 4.00. The molecular weight excluding hydrogens is 302 g/mol. The molecule has 1 heterocycles. The molecule has 3 nitrogen and oxygen atoms in total. The van der Waals surface area contributed by atoms with E-state index in [1.54, 1.807) is 0 Å². The number of hydrogen-bond acceptors (Lipinski definition) is 3. The summed E-state index contributed by atoms with van der Waals surface area (Å²) in [5, 5.41) is 0. The van der Waals surface area contributed by atoms with Gasteiger partial charge in [-0.05, 0) is 38.5 Å². The van der Waals surface area contributed by atoms with Crippen LogP contribution in [0.4, 0.5) is 0 Å². The number of benzene rings is 1. The maximum atomic E-state index is 5.78. The summed E-state index contributed by atoms with van der Waals surface area (Å²) in [4.78, 5) is 9.10. The Morgan fingerprint density at radius 2 is 1.89 bits per heavy atom. The first-order chi connectivity index (χ1) is 9.04. The fourth-order valence-electron chi connectivity index (χ4n) is 1.87. The fraction of sp³-hybridized carbons (Fsp3) is 0.333. The predicted molar refractivity (Wildman–Crippen MR) is 81.9 cm³/mol. The van der Waals surface area contributed by atoms with E-state index in [0.717, 1.165) is 40.1 Å². The minimum absolute atomic E-state index is 0.181. The quantitative estimate of drug-likeness (QED) is 0.938. The van der Waals surface area contributed by atoms with E-state index in [-0.39, 0.29) is 6.04 Å². The molecule has 1 unspecified atom stereocenters. The Balaban J connectivity index is 2.28. The monoisotopic (exact) mass is 319 g/mol. The standard InChI is InChI=1S/C15H18BrN3/c1-10(17)3-8-15-18-11(2)9-14(19-15)12-4-6-13(16)7-5-12/h4-7,9-10H,3,8,17H2,1-2H3. The molecule has 0 aliphatic carbocycles. The molecule has 0 fully saturated rings. The fourth-order valence-corrected chi connectivity index (χ4v) is 2.13. The SMILES string of the molecule is Cc1cc(-c2ccc(Br)cc2)nc(CCC(C)N)n1. The van der Waals surface area contributed by atoms with Crippen LogP contribution < -0.4 is 5.73 Å². The molecule has 0 radical (unpaired) electrons. The summed E-state index contributed by atoms with van der Waals surface area (Å²) in [6, 6.07) is 10.4. The summed E-state index contributed by atoms with van der Waals surface area (Å²) in [5.74, 6) is 0.871. The topological polar surface area (TPSA) is 51.8 Å². The highest BCUT2D eigenvalue weighted by Crippen LogP contribution is 2.20. The molecular formula is C15H18BrN3. The number of nitrogens with zero attached hydrogens (tertiary/aromatic N) is 2. The third-order valence-electron chi connectivity index (χ3n) is 2.86. The summed E-state index contributed by atoms with van der Waals surface area (Å²) in [7, 11) is 0. The largest absolute Gasteiger partial charge is 0.328 e. The second kappa shape index (κ2) is 6.26. The normalized spacial score (nSPS) is 12.4. The van der Waals surface area contributed by atoms with Crippen molar-refractivity contribution in [3.05, 3.63) is 46.3 Å². The van der Waals surface area contributed by atoms with Gasteiger partial charge in [0.2, 0.25) is 0 Å². The van der Waals surface area contributed by atoms with Gasteiger partial charge in [-0.1, -0.05) is 28.1 Å². The Kier molecular flexibility index (Phi) is 4.66. The van der Waals surface area contributed by atoms with Gasteiger partial charge >= 0.3 is 0 Å². The van der Waals surface area contributed by atoms with Gasteiger partial charge in [0, 0.05) is 28.2 Å². The molecule has 0 aliphatic heterocycles. The van der Waals surface area contributed by atoms with Gasteiger partial charge in [0.1, 0.15) is 5.82 Å². The number of hydrogen-bond donors (Lipinski definition) is 1. The highest BCUT2D eigenvalue weighted by atomic mass is 79.9. The molecule has 19 heavy (non-hydrogen) atoms. The highest BCUT2D eigenvalue weighted by Gasteiger charge is 2.06. The zero-order chi connectivity index (χ0) is 13.8. The second-order valence-corrected chi connectivity index (χ2v) is 5.75. The highest BCUT2D eigenvalue weighted by molar-refractivity contribution is 9.10.